The van der Waals surface area contributed by atoms with Crippen LogP contribution >= 0.6 is 0 Å². The van der Waals surface area contributed by atoms with Gasteiger partial charge in [-0.15, -0.1) is 0 Å². The van der Waals surface area contributed by atoms with Gasteiger partial charge in [0.2, 0.25) is 0 Å². The second kappa shape index (κ2) is 6.02. The summed E-state index contributed by atoms with van der Waals surface area (Å²) in [6.45, 7) is 7.30. The average molecular weight is 266 g/mol. The number of carbonyl (C=O) groups excluding carboxylic acids is 1. The number of hydrogen-bond donors (Lipinski definition) is 1. The molecule has 0 spiro atoms. The molecular weight excluding hydrogens is 244 g/mol. The summed E-state index contributed by atoms with van der Waals surface area (Å²) in [5.74, 6) is 0.286. The summed E-state index contributed by atoms with van der Waals surface area (Å²) < 4.78 is 10.4. The summed E-state index contributed by atoms with van der Waals surface area (Å²) in [5.41, 5.74) is 6.85. The first-order chi connectivity index (χ1) is 8.71. The molecule has 5 heteroatoms. The van der Waals surface area contributed by atoms with Gasteiger partial charge in [-0.3, -0.25) is 9.78 Å². The highest BCUT2D eigenvalue weighted by Crippen LogP contribution is 2.15. The van der Waals surface area contributed by atoms with Crippen molar-refractivity contribution in [3.8, 4) is 5.75 Å². The van der Waals surface area contributed by atoms with Gasteiger partial charge in [-0.2, -0.15) is 0 Å². The minimum Gasteiger partial charge on any atom is -0.497 e. The Labute approximate surface area is 114 Å². The number of nitrogens with two attached hydrogens (primary N) is 1. The molecular formula is C14H22N2O3. The predicted octanol–water partition coefficient (Wildman–Crippen LogP) is 1.61. The first-order valence-corrected chi connectivity index (χ1v) is 6.21. The van der Waals surface area contributed by atoms with Crippen molar-refractivity contribution in [1.29, 1.82) is 0 Å². The van der Waals surface area contributed by atoms with Crippen molar-refractivity contribution < 1.29 is 14.3 Å². The van der Waals surface area contributed by atoms with Gasteiger partial charge in [-0.1, -0.05) is 0 Å². The van der Waals surface area contributed by atoms with Crippen LogP contribution in [0, 0.1) is 6.92 Å². The van der Waals surface area contributed by atoms with Gasteiger partial charge in [-0.25, -0.2) is 0 Å². The van der Waals surface area contributed by atoms with Gasteiger partial charge < -0.3 is 15.2 Å². The number of methoxy groups -OCH3 is 1. The fourth-order valence-corrected chi connectivity index (χ4v) is 1.61. The number of pyridine rings is 1. The quantitative estimate of drug-likeness (QED) is 0.838. The Morgan fingerprint density at radius 3 is 2.58 bits per heavy atom. The zero-order chi connectivity index (χ0) is 14.6. The summed E-state index contributed by atoms with van der Waals surface area (Å²) >= 11 is 0. The topological polar surface area (TPSA) is 74.4 Å². The van der Waals surface area contributed by atoms with Crippen LogP contribution in [0.2, 0.25) is 0 Å². The highest BCUT2D eigenvalue weighted by Gasteiger charge is 2.22. The molecule has 1 unspecified atom stereocenters. The number of aromatic nitrogens is 1. The first kappa shape index (κ1) is 15.4. The molecule has 1 heterocycles. The number of hydrogen-bond acceptors (Lipinski definition) is 5. The van der Waals surface area contributed by atoms with Crippen LogP contribution in [0.5, 0.6) is 5.75 Å². The number of aryl methyl sites for hydroxylation is 1. The van der Waals surface area contributed by atoms with E-state index >= 15 is 0 Å². The van der Waals surface area contributed by atoms with E-state index in [9.17, 15) is 4.79 Å². The fourth-order valence-electron chi connectivity index (χ4n) is 1.61. The summed E-state index contributed by atoms with van der Waals surface area (Å²) in [6.07, 6.45) is 0.326. The van der Waals surface area contributed by atoms with E-state index in [-0.39, 0.29) is 0 Å². The molecule has 1 aromatic rings. The Bertz CT molecular complexity index is 452. The Balaban J connectivity index is 2.74. The smallest absolute Gasteiger partial charge is 0.323 e. The van der Waals surface area contributed by atoms with Gasteiger partial charge >= 0.3 is 5.97 Å². The molecule has 5 nitrogen and oxygen atoms in total. The van der Waals surface area contributed by atoms with Crippen molar-refractivity contribution in [2.24, 2.45) is 5.73 Å². The van der Waals surface area contributed by atoms with Crippen LogP contribution in [0.1, 0.15) is 32.2 Å². The van der Waals surface area contributed by atoms with Crippen LogP contribution < -0.4 is 10.5 Å². The minimum atomic E-state index is -0.724. The molecule has 106 valence electrons. The summed E-state index contributed by atoms with van der Waals surface area (Å²) in [7, 11) is 1.59. The minimum absolute atomic E-state index is 0.326. The normalized spacial score (nSPS) is 12.9. The maximum absolute atomic E-state index is 11.8. The highest BCUT2D eigenvalue weighted by atomic mass is 16.6. The van der Waals surface area contributed by atoms with E-state index in [1.807, 2.05) is 33.8 Å². The summed E-state index contributed by atoms with van der Waals surface area (Å²) in [4.78, 5) is 16.1. The largest absolute Gasteiger partial charge is 0.497 e. The van der Waals surface area contributed by atoms with E-state index in [0.717, 1.165) is 11.4 Å². The van der Waals surface area contributed by atoms with Crippen LogP contribution in [0.3, 0.4) is 0 Å². The Morgan fingerprint density at radius 2 is 2.05 bits per heavy atom. The lowest BCUT2D eigenvalue weighted by Crippen LogP contribution is -2.39. The van der Waals surface area contributed by atoms with Crippen molar-refractivity contribution in [3.63, 3.8) is 0 Å². The van der Waals surface area contributed by atoms with Gasteiger partial charge in [0, 0.05) is 29.9 Å². The van der Waals surface area contributed by atoms with E-state index in [1.54, 1.807) is 13.2 Å². The molecule has 0 radical (unpaired) electrons. The molecule has 1 aromatic heterocycles. The molecule has 0 saturated carbocycles. The number of rotatable bonds is 4. The summed E-state index contributed by atoms with van der Waals surface area (Å²) in [5, 5.41) is 0. The molecule has 0 bridgehead atoms. The third-order valence-electron chi connectivity index (χ3n) is 2.35. The van der Waals surface area contributed by atoms with E-state index in [4.69, 9.17) is 15.2 Å². The Hall–Kier alpha value is -1.62. The number of esters is 1. The average Bonchev–Trinajstić information content (AvgIpc) is 2.25. The number of nitrogens with zero attached hydrogens (tertiary/aromatic N) is 1. The fraction of sp³-hybridized carbons (Fsp3) is 0.571. The molecule has 2 N–H and O–H groups in total. The lowest BCUT2D eigenvalue weighted by Gasteiger charge is -2.22. The third-order valence-corrected chi connectivity index (χ3v) is 2.35. The standard InChI is InChI=1S/C14H22N2O3/c1-9-6-11(18-5)7-10(16-9)8-12(15)13(17)19-14(2,3)4/h6-7,12H,8,15H2,1-5H3. The lowest BCUT2D eigenvalue weighted by atomic mass is 10.1. The van der Waals surface area contributed by atoms with Crippen LogP contribution in [0.4, 0.5) is 0 Å². The zero-order valence-corrected chi connectivity index (χ0v) is 12.2. The molecule has 0 aliphatic rings. The second-order valence-electron chi connectivity index (χ2n) is 5.48. The lowest BCUT2D eigenvalue weighted by molar-refractivity contribution is -0.156. The van der Waals surface area contributed by atoms with Crippen LogP contribution in [0.25, 0.3) is 0 Å². The summed E-state index contributed by atoms with van der Waals surface area (Å²) in [6, 6.07) is 2.87. The molecule has 0 amide bonds. The first-order valence-electron chi connectivity index (χ1n) is 6.21. The van der Waals surface area contributed by atoms with Crippen molar-refractivity contribution >= 4 is 5.97 Å². The van der Waals surface area contributed by atoms with E-state index in [0.29, 0.717) is 12.2 Å². The maximum atomic E-state index is 11.8. The molecule has 1 atom stereocenters. The van der Waals surface area contributed by atoms with E-state index in [2.05, 4.69) is 4.98 Å². The SMILES string of the molecule is COc1cc(C)nc(CC(N)C(=O)OC(C)(C)C)c1. The molecule has 0 saturated heterocycles. The van der Waals surface area contributed by atoms with Gasteiger partial charge in [0.15, 0.2) is 0 Å². The van der Waals surface area contributed by atoms with E-state index < -0.39 is 17.6 Å². The number of ether oxygens (including phenoxy) is 2. The monoisotopic (exact) mass is 266 g/mol. The number of carbonyl (C=O) groups is 1. The van der Waals surface area contributed by atoms with Crippen molar-refractivity contribution in [2.45, 2.75) is 45.8 Å². The highest BCUT2D eigenvalue weighted by molar-refractivity contribution is 5.76. The van der Waals surface area contributed by atoms with Crippen molar-refractivity contribution in [1.82, 2.24) is 4.98 Å². The molecule has 0 fully saturated rings. The van der Waals surface area contributed by atoms with Crippen molar-refractivity contribution in [3.05, 3.63) is 23.5 Å². The van der Waals surface area contributed by atoms with Gasteiger partial charge in [0.05, 0.1) is 7.11 Å². The predicted molar refractivity (Wildman–Crippen MR) is 73.1 cm³/mol. The Kier molecular flexibility index (Phi) is 4.89. The van der Waals surface area contributed by atoms with E-state index in [1.165, 1.54) is 0 Å². The maximum Gasteiger partial charge on any atom is 0.323 e. The zero-order valence-electron chi connectivity index (χ0n) is 12.2. The second-order valence-corrected chi connectivity index (χ2v) is 5.48. The van der Waals surface area contributed by atoms with Gasteiger partial charge in [0.1, 0.15) is 17.4 Å². The van der Waals surface area contributed by atoms with Gasteiger partial charge in [0.25, 0.3) is 0 Å². The van der Waals surface area contributed by atoms with Crippen LogP contribution in [-0.4, -0.2) is 29.7 Å². The molecule has 0 aliphatic heterocycles. The Morgan fingerprint density at radius 1 is 1.42 bits per heavy atom. The molecule has 0 aromatic carbocycles. The van der Waals surface area contributed by atoms with Crippen LogP contribution in [-0.2, 0) is 16.0 Å². The van der Waals surface area contributed by atoms with Crippen molar-refractivity contribution in [2.75, 3.05) is 7.11 Å². The third kappa shape index (κ3) is 5.26. The molecule has 19 heavy (non-hydrogen) atoms. The molecule has 1 rings (SSSR count). The van der Waals surface area contributed by atoms with Gasteiger partial charge in [-0.05, 0) is 27.7 Å². The van der Waals surface area contributed by atoms with Crippen LogP contribution in [0.15, 0.2) is 12.1 Å². The molecule has 0 aliphatic carbocycles.